The molecule has 0 aliphatic rings. The van der Waals surface area contributed by atoms with Gasteiger partial charge < -0.3 is 10.6 Å². The van der Waals surface area contributed by atoms with E-state index in [0.717, 1.165) is 15.6 Å². The molecule has 0 unspecified atom stereocenters. The van der Waals surface area contributed by atoms with Crippen molar-refractivity contribution in [3.63, 3.8) is 0 Å². The molecule has 1 aromatic heterocycles. The standard InChI is InChI=1S/C25H20BrFN4O3/c1-14-6-5-7-15(2)22(14)29-23(32)21-13-16-12-17(26)10-11-20(16)31(21)30-25(34)24(33)28-19-9-4-3-8-18(19)27/h3-13H,1-2H3,(H,28,33)(H,29,32)(H,30,34). The number of anilines is 2. The van der Waals surface area contributed by atoms with Crippen LogP contribution < -0.4 is 16.1 Å². The van der Waals surface area contributed by atoms with Crippen LogP contribution in [0.15, 0.2) is 71.2 Å². The number of hydrogen-bond donors (Lipinski definition) is 3. The molecule has 34 heavy (non-hydrogen) atoms. The molecule has 9 heteroatoms. The van der Waals surface area contributed by atoms with Gasteiger partial charge in [-0.2, -0.15) is 0 Å². The van der Waals surface area contributed by atoms with Crippen LogP contribution in [0.2, 0.25) is 0 Å². The molecule has 0 aliphatic heterocycles. The Bertz CT molecular complexity index is 1430. The Morgan fingerprint density at radius 1 is 0.853 bits per heavy atom. The monoisotopic (exact) mass is 522 g/mol. The fourth-order valence-electron chi connectivity index (χ4n) is 3.56. The lowest BCUT2D eigenvalue weighted by Gasteiger charge is -2.14. The van der Waals surface area contributed by atoms with E-state index in [-0.39, 0.29) is 11.4 Å². The zero-order valence-corrected chi connectivity index (χ0v) is 19.9. The summed E-state index contributed by atoms with van der Waals surface area (Å²) >= 11 is 3.40. The summed E-state index contributed by atoms with van der Waals surface area (Å²) in [4.78, 5) is 38.3. The predicted octanol–water partition coefficient (Wildman–Crippen LogP) is 5.12. The molecule has 3 amide bonds. The van der Waals surface area contributed by atoms with Crippen LogP contribution in [0.3, 0.4) is 0 Å². The molecule has 3 aromatic carbocycles. The first-order valence-corrected chi connectivity index (χ1v) is 11.1. The van der Waals surface area contributed by atoms with Gasteiger partial charge >= 0.3 is 11.8 Å². The number of halogens is 2. The summed E-state index contributed by atoms with van der Waals surface area (Å²) in [6.45, 7) is 3.76. The zero-order valence-electron chi connectivity index (χ0n) is 18.3. The van der Waals surface area contributed by atoms with Crippen molar-refractivity contribution in [1.82, 2.24) is 4.68 Å². The van der Waals surface area contributed by atoms with Crippen molar-refractivity contribution < 1.29 is 18.8 Å². The minimum Gasteiger partial charge on any atom is -0.320 e. The van der Waals surface area contributed by atoms with E-state index in [1.165, 1.54) is 28.9 Å². The number of hydrogen-bond acceptors (Lipinski definition) is 3. The minimum absolute atomic E-state index is 0.114. The van der Waals surface area contributed by atoms with E-state index < -0.39 is 23.5 Å². The van der Waals surface area contributed by atoms with Crippen LogP contribution in [0.25, 0.3) is 10.9 Å². The number of aromatic nitrogens is 1. The largest absolute Gasteiger partial charge is 0.328 e. The highest BCUT2D eigenvalue weighted by Crippen LogP contribution is 2.25. The molecule has 172 valence electrons. The highest BCUT2D eigenvalue weighted by Gasteiger charge is 2.22. The maximum atomic E-state index is 13.9. The smallest absolute Gasteiger partial charge is 0.320 e. The Balaban J connectivity index is 1.66. The number of carbonyl (C=O) groups excluding carboxylic acids is 3. The molecule has 0 saturated carbocycles. The summed E-state index contributed by atoms with van der Waals surface area (Å²) < 4.78 is 15.9. The van der Waals surface area contributed by atoms with Gasteiger partial charge in [-0.3, -0.25) is 19.8 Å². The van der Waals surface area contributed by atoms with Gasteiger partial charge in [-0.1, -0.05) is 46.3 Å². The quantitative estimate of drug-likeness (QED) is 0.325. The van der Waals surface area contributed by atoms with Gasteiger partial charge in [0.15, 0.2) is 0 Å². The van der Waals surface area contributed by atoms with E-state index in [2.05, 4.69) is 32.0 Å². The van der Waals surface area contributed by atoms with Gasteiger partial charge in [0, 0.05) is 15.5 Å². The van der Waals surface area contributed by atoms with Crippen molar-refractivity contribution in [3.05, 3.63) is 93.8 Å². The van der Waals surface area contributed by atoms with E-state index in [0.29, 0.717) is 16.6 Å². The third-order valence-electron chi connectivity index (χ3n) is 5.26. The second kappa shape index (κ2) is 9.48. The van der Waals surface area contributed by atoms with E-state index in [4.69, 9.17) is 0 Å². The molecule has 0 fully saturated rings. The molecule has 0 aliphatic carbocycles. The van der Waals surface area contributed by atoms with Crippen molar-refractivity contribution in [2.24, 2.45) is 0 Å². The van der Waals surface area contributed by atoms with Crippen LogP contribution in [-0.4, -0.2) is 22.4 Å². The number of benzene rings is 3. The Labute approximate surface area is 203 Å². The van der Waals surface area contributed by atoms with Gasteiger partial charge in [-0.25, -0.2) is 9.07 Å². The number of carbonyl (C=O) groups is 3. The lowest BCUT2D eigenvalue weighted by molar-refractivity contribution is -0.133. The second-order valence-electron chi connectivity index (χ2n) is 7.66. The highest BCUT2D eigenvalue weighted by molar-refractivity contribution is 9.10. The van der Waals surface area contributed by atoms with E-state index in [1.807, 2.05) is 32.0 Å². The number of rotatable bonds is 4. The second-order valence-corrected chi connectivity index (χ2v) is 8.58. The Morgan fingerprint density at radius 2 is 1.56 bits per heavy atom. The van der Waals surface area contributed by atoms with Crippen LogP contribution in [0, 0.1) is 19.7 Å². The number of nitrogens with one attached hydrogen (secondary N) is 3. The molecule has 0 saturated heterocycles. The number of nitrogens with zero attached hydrogens (tertiary/aromatic N) is 1. The summed E-state index contributed by atoms with van der Waals surface area (Å²) in [7, 11) is 0. The molecule has 0 radical (unpaired) electrons. The average molecular weight is 523 g/mol. The SMILES string of the molecule is Cc1cccc(C)c1NC(=O)c1cc2cc(Br)ccc2n1NC(=O)C(=O)Nc1ccccc1F. The van der Waals surface area contributed by atoms with E-state index in [1.54, 1.807) is 24.3 Å². The summed E-state index contributed by atoms with van der Waals surface area (Å²) in [6, 6.07) is 18.0. The first kappa shape index (κ1) is 23.2. The molecule has 3 N–H and O–H groups in total. The third kappa shape index (κ3) is 4.69. The molecular weight excluding hydrogens is 503 g/mol. The van der Waals surface area contributed by atoms with Crippen LogP contribution in [-0.2, 0) is 9.59 Å². The molecule has 1 heterocycles. The summed E-state index contributed by atoms with van der Waals surface area (Å²) in [6.07, 6.45) is 0. The Hall–Kier alpha value is -3.98. The summed E-state index contributed by atoms with van der Waals surface area (Å²) in [5.74, 6) is -3.29. The van der Waals surface area contributed by atoms with Gasteiger partial charge in [-0.15, -0.1) is 0 Å². The van der Waals surface area contributed by atoms with Gasteiger partial charge in [0.05, 0.1) is 11.2 Å². The molecular formula is C25H20BrFN4O3. The van der Waals surface area contributed by atoms with Crippen LogP contribution >= 0.6 is 15.9 Å². The maximum Gasteiger partial charge on any atom is 0.328 e. The van der Waals surface area contributed by atoms with Crippen molar-refractivity contribution in [2.75, 3.05) is 16.1 Å². The number of para-hydroxylation sites is 2. The van der Waals surface area contributed by atoms with E-state index >= 15 is 0 Å². The highest BCUT2D eigenvalue weighted by atomic mass is 79.9. The normalized spacial score (nSPS) is 10.7. The van der Waals surface area contributed by atoms with Gasteiger partial charge in [-0.05, 0) is 61.4 Å². The van der Waals surface area contributed by atoms with Crippen LogP contribution in [0.1, 0.15) is 21.6 Å². The summed E-state index contributed by atoms with van der Waals surface area (Å²) in [5.41, 5.74) is 5.37. The van der Waals surface area contributed by atoms with Crippen LogP contribution in [0.4, 0.5) is 15.8 Å². The predicted molar refractivity (Wildman–Crippen MR) is 133 cm³/mol. The van der Waals surface area contributed by atoms with Crippen molar-refractivity contribution in [2.45, 2.75) is 13.8 Å². The zero-order chi connectivity index (χ0) is 24.4. The molecule has 0 spiro atoms. The fourth-order valence-corrected chi connectivity index (χ4v) is 3.94. The lowest BCUT2D eigenvalue weighted by Crippen LogP contribution is -2.36. The topological polar surface area (TPSA) is 92.2 Å². The number of fused-ring (bicyclic) bond motifs is 1. The maximum absolute atomic E-state index is 13.9. The number of amides is 3. The molecule has 0 atom stereocenters. The molecule has 4 rings (SSSR count). The Morgan fingerprint density at radius 3 is 2.26 bits per heavy atom. The minimum atomic E-state index is -1.08. The van der Waals surface area contributed by atoms with Crippen molar-refractivity contribution in [1.29, 1.82) is 0 Å². The third-order valence-corrected chi connectivity index (χ3v) is 5.75. The first-order valence-electron chi connectivity index (χ1n) is 10.3. The fraction of sp³-hybridized carbons (Fsp3) is 0.0800. The molecule has 7 nitrogen and oxygen atoms in total. The van der Waals surface area contributed by atoms with E-state index in [9.17, 15) is 18.8 Å². The van der Waals surface area contributed by atoms with Gasteiger partial charge in [0.2, 0.25) is 0 Å². The average Bonchev–Trinajstić information content (AvgIpc) is 3.15. The van der Waals surface area contributed by atoms with Crippen molar-refractivity contribution in [3.8, 4) is 0 Å². The van der Waals surface area contributed by atoms with Crippen molar-refractivity contribution >= 4 is 55.9 Å². The number of aryl methyl sites for hydroxylation is 2. The summed E-state index contributed by atoms with van der Waals surface area (Å²) in [5, 5.41) is 5.79. The molecule has 4 aromatic rings. The Kier molecular flexibility index (Phi) is 6.47. The molecule has 0 bridgehead atoms. The first-order chi connectivity index (χ1) is 16.2. The van der Waals surface area contributed by atoms with Gasteiger partial charge in [0.25, 0.3) is 5.91 Å². The van der Waals surface area contributed by atoms with Gasteiger partial charge in [0.1, 0.15) is 11.5 Å². The lowest BCUT2D eigenvalue weighted by atomic mass is 10.1. The van der Waals surface area contributed by atoms with Crippen LogP contribution in [0.5, 0.6) is 0 Å².